The monoisotopic (exact) mass is 245 g/mol. The van der Waals surface area contributed by atoms with Gasteiger partial charge < -0.3 is 15.6 Å². The van der Waals surface area contributed by atoms with Crippen LogP contribution in [0.25, 0.3) is 11.0 Å². The van der Waals surface area contributed by atoms with Crippen LogP contribution in [0.2, 0.25) is 0 Å². The Morgan fingerprint density at radius 3 is 3.11 bits per heavy atom. The van der Waals surface area contributed by atoms with Crippen molar-refractivity contribution in [3.05, 3.63) is 18.6 Å². The van der Waals surface area contributed by atoms with Gasteiger partial charge in [0.25, 0.3) is 0 Å². The van der Waals surface area contributed by atoms with Crippen LogP contribution in [0.3, 0.4) is 0 Å². The number of rotatable bonds is 3. The third kappa shape index (κ3) is 1.95. The summed E-state index contributed by atoms with van der Waals surface area (Å²) in [6.45, 7) is 0.893. The Balaban J connectivity index is 1.78. The van der Waals surface area contributed by atoms with Gasteiger partial charge in [-0.1, -0.05) is 6.42 Å². The molecule has 2 aromatic rings. The van der Waals surface area contributed by atoms with Gasteiger partial charge in [0.2, 0.25) is 0 Å². The van der Waals surface area contributed by atoms with Gasteiger partial charge in [-0.25, -0.2) is 9.97 Å². The van der Waals surface area contributed by atoms with Gasteiger partial charge in [-0.2, -0.15) is 0 Å². The molecule has 2 unspecified atom stereocenters. The Morgan fingerprint density at radius 2 is 2.33 bits per heavy atom. The molecule has 2 atom stereocenters. The molecule has 2 heterocycles. The SMILES string of the molecule is Cn1cnc2c(NCC3CCCC3N)nccc21. The molecule has 2 aromatic heterocycles. The van der Waals surface area contributed by atoms with Crippen LogP contribution in [-0.2, 0) is 7.05 Å². The molecule has 0 radical (unpaired) electrons. The summed E-state index contributed by atoms with van der Waals surface area (Å²) >= 11 is 0. The quantitative estimate of drug-likeness (QED) is 0.860. The lowest BCUT2D eigenvalue weighted by Gasteiger charge is -2.16. The molecular formula is C13H19N5. The molecular weight excluding hydrogens is 226 g/mol. The van der Waals surface area contributed by atoms with E-state index < -0.39 is 0 Å². The Bertz CT molecular complexity index is 547. The first-order valence-electron chi connectivity index (χ1n) is 6.51. The van der Waals surface area contributed by atoms with Crippen LogP contribution < -0.4 is 11.1 Å². The lowest BCUT2D eigenvalue weighted by atomic mass is 10.1. The summed E-state index contributed by atoms with van der Waals surface area (Å²) in [6, 6.07) is 2.31. The van der Waals surface area contributed by atoms with Crippen LogP contribution in [0.4, 0.5) is 5.82 Å². The number of aryl methyl sites for hydroxylation is 1. The lowest BCUT2D eigenvalue weighted by molar-refractivity contribution is 0.505. The van der Waals surface area contributed by atoms with E-state index in [-0.39, 0.29) is 0 Å². The number of anilines is 1. The van der Waals surface area contributed by atoms with Crippen molar-refractivity contribution in [1.82, 2.24) is 14.5 Å². The molecule has 0 aromatic carbocycles. The zero-order chi connectivity index (χ0) is 12.5. The fourth-order valence-electron chi connectivity index (χ4n) is 2.74. The van der Waals surface area contributed by atoms with Crippen molar-refractivity contribution in [2.24, 2.45) is 18.7 Å². The van der Waals surface area contributed by atoms with Crippen molar-refractivity contribution in [1.29, 1.82) is 0 Å². The normalized spacial score (nSPS) is 23.7. The van der Waals surface area contributed by atoms with E-state index in [1.807, 2.05) is 30.2 Å². The minimum Gasteiger partial charge on any atom is -0.368 e. The molecule has 0 saturated heterocycles. The highest BCUT2D eigenvalue weighted by molar-refractivity contribution is 5.85. The highest BCUT2D eigenvalue weighted by Gasteiger charge is 2.23. The van der Waals surface area contributed by atoms with Crippen molar-refractivity contribution < 1.29 is 0 Å². The van der Waals surface area contributed by atoms with Gasteiger partial charge in [-0.15, -0.1) is 0 Å². The van der Waals surface area contributed by atoms with Crippen LogP contribution >= 0.6 is 0 Å². The molecule has 0 amide bonds. The van der Waals surface area contributed by atoms with E-state index >= 15 is 0 Å². The molecule has 1 saturated carbocycles. The van der Waals surface area contributed by atoms with Crippen LogP contribution in [0.15, 0.2) is 18.6 Å². The molecule has 18 heavy (non-hydrogen) atoms. The Morgan fingerprint density at radius 1 is 1.44 bits per heavy atom. The van der Waals surface area contributed by atoms with Gasteiger partial charge in [0.1, 0.15) is 5.52 Å². The highest BCUT2D eigenvalue weighted by atomic mass is 15.1. The topological polar surface area (TPSA) is 68.8 Å². The number of nitrogens with zero attached hydrogens (tertiary/aromatic N) is 3. The van der Waals surface area contributed by atoms with E-state index in [1.54, 1.807) is 0 Å². The van der Waals surface area contributed by atoms with Crippen LogP contribution in [0.1, 0.15) is 19.3 Å². The number of nitrogens with two attached hydrogens (primary N) is 1. The molecule has 3 rings (SSSR count). The zero-order valence-electron chi connectivity index (χ0n) is 10.6. The number of fused-ring (bicyclic) bond motifs is 1. The molecule has 1 fully saturated rings. The summed E-state index contributed by atoms with van der Waals surface area (Å²) in [4.78, 5) is 8.77. The molecule has 1 aliphatic rings. The average Bonchev–Trinajstić information content (AvgIpc) is 2.95. The van der Waals surface area contributed by atoms with E-state index in [4.69, 9.17) is 5.73 Å². The van der Waals surface area contributed by atoms with Gasteiger partial charge >= 0.3 is 0 Å². The average molecular weight is 245 g/mol. The number of hydrogen-bond donors (Lipinski definition) is 2. The predicted molar refractivity (Wildman–Crippen MR) is 72.3 cm³/mol. The molecule has 3 N–H and O–H groups in total. The Hall–Kier alpha value is -1.62. The predicted octanol–water partition coefficient (Wildman–Crippen LogP) is 1.51. The first-order chi connectivity index (χ1) is 8.75. The number of nitrogens with one attached hydrogen (secondary N) is 1. The number of pyridine rings is 1. The van der Waals surface area contributed by atoms with Gasteiger partial charge in [0, 0.05) is 25.8 Å². The van der Waals surface area contributed by atoms with Crippen molar-refractivity contribution in [2.75, 3.05) is 11.9 Å². The molecule has 5 nitrogen and oxygen atoms in total. The van der Waals surface area contributed by atoms with Crippen molar-refractivity contribution in [2.45, 2.75) is 25.3 Å². The maximum atomic E-state index is 6.08. The summed E-state index contributed by atoms with van der Waals surface area (Å²) in [5.41, 5.74) is 8.12. The second kappa shape index (κ2) is 4.57. The minimum atomic E-state index is 0.334. The second-order valence-corrected chi connectivity index (χ2v) is 5.12. The summed E-state index contributed by atoms with van der Waals surface area (Å²) in [5.74, 6) is 1.43. The molecule has 0 spiro atoms. The zero-order valence-corrected chi connectivity index (χ0v) is 10.6. The first kappa shape index (κ1) is 11.5. The smallest absolute Gasteiger partial charge is 0.154 e. The van der Waals surface area contributed by atoms with Gasteiger partial charge in [-0.05, 0) is 24.8 Å². The maximum Gasteiger partial charge on any atom is 0.154 e. The molecule has 5 heteroatoms. The third-order valence-corrected chi connectivity index (χ3v) is 3.89. The van der Waals surface area contributed by atoms with Crippen molar-refractivity contribution in [3.63, 3.8) is 0 Å². The molecule has 0 bridgehead atoms. The molecule has 1 aliphatic carbocycles. The maximum absolute atomic E-state index is 6.08. The fraction of sp³-hybridized carbons (Fsp3) is 0.538. The fourth-order valence-corrected chi connectivity index (χ4v) is 2.74. The summed E-state index contributed by atoms with van der Waals surface area (Å²) in [6.07, 6.45) is 7.24. The third-order valence-electron chi connectivity index (χ3n) is 3.89. The number of imidazole rings is 1. The second-order valence-electron chi connectivity index (χ2n) is 5.12. The van der Waals surface area contributed by atoms with E-state index in [0.717, 1.165) is 29.8 Å². The number of hydrogen-bond acceptors (Lipinski definition) is 4. The summed E-state index contributed by atoms with van der Waals surface area (Å²) < 4.78 is 2.00. The van der Waals surface area contributed by atoms with E-state index in [9.17, 15) is 0 Å². The highest BCUT2D eigenvalue weighted by Crippen LogP contribution is 2.25. The first-order valence-corrected chi connectivity index (χ1v) is 6.51. The lowest BCUT2D eigenvalue weighted by Crippen LogP contribution is -2.29. The number of aromatic nitrogens is 3. The van der Waals surface area contributed by atoms with E-state index in [0.29, 0.717) is 12.0 Å². The molecule has 0 aliphatic heterocycles. The van der Waals surface area contributed by atoms with Crippen molar-refractivity contribution in [3.8, 4) is 0 Å². The summed E-state index contributed by atoms with van der Waals surface area (Å²) in [7, 11) is 1.99. The van der Waals surface area contributed by atoms with Crippen LogP contribution in [0, 0.1) is 5.92 Å². The van der Waals surface area contributed by atoms with E-state index in [2.05, 4.69) is 15.3 Å². The van der Waals surface area contributed by atoms with Crippen molar-refractivity contribution >= 4 is 16.9 Å². The van der Waals surface area contributed by atoms with Crippen LogP contribution in [0.5, 0.6) is 0 Å². The largest absolute Gasteiger partial charge is 0.368 e. The summed E-state index contributed by atoms with van der Waals surface area (Å²) in [5, 5.41) is 3.41. The standard InChI is InChI=1S/C13H19N5/c1-18-8-17-12-11(18)5-6-15-13(12)16-7-9-3-2-4-10(9)14/h5-6,8-10H,2-4,7,14H2,1H3,(H,15,16). The van der Waals surface area contributed by atoms with Gasteiger partial charge in [-0.3, -0.25) is 0 Å². The molecule has 96 valence electrons. The van der Waals surface area contributed by atoms with Crippen LogP contribution in [-0.4, -0.2) is 27.1 Å². The minimum absolute atomic E-state index is 0.334. The van der Waals surface area contributed by atoms with E-state index in [1.165, 1.54) is 12.8 Å². The van der Waals surface area contributed by atoms with Gasteiger partial charge in [0.05, 0.1) is 11.8 Å². The Labute approximate surface area is 106 Å². The van der Waals surface area contributed by atoms with Gasteiger partial charge in [0.15, 0.2) is 5.82 Å². The Kier molecular flexibility index (Phi) is 2.91.